The largest absolute Gasteiger partial charge is 0.330 e. The highest BCUT2D eigenvalue weighted by molar-refractivity contribution is 7.60. The van der Waals surface area contributed by atoms with Crippen molar-refractivity contribution in [1.29, 1.82) is 10.0 Å². The van der Waals surface area contributed by atoms with Gasteiger partial charge >= 0.3 is 10.5 Å². The van der Waals surface area contributed by atoms with Crippen molar-refractivity contribution in [2.24, 2.45) is 5.92 Å². The van der Waals surface area contributed by atoms with E-state index in [1.807, 2.05) is 11.8 Å². The Hall–Kier alpha value is -2.77. The fourth-order valence-electron chi connectivity index (χ4n) is 5.28. The molecule has 178 valence electrons. The van der Waals surface area contributed by atoms with E-state index in [1.165, 1.54) is 11.1 Å². The molecule has 3 aliphatic heterocycles. The second-order valence-corrected chi connectivity index (χ2v) is 9.62. The van der Waals surface area contributed by atoms with E-state index in [0.29, 0.717) is 13.1 Å². The summed E-state index contributed by atoms with van der Waals surface area (Å²) in [6.07, 6.45) is 2.52. The van der Waals surface area contributed by atoms with Crippen LogP contribution in [0.4, 0.5) is 0 Å². The molecule has 2 amide bonds. The van der Waals surface area contributed by atoms with Crippen LogP contribution in [0, 0.1) is 29.0 Å². The fourth-order valence-corrected chi connectivity index (χ4v) is 5.28. The number of carbonyl (C=O) groups is 2. The van der Waals surface area contributed by atoms with E-state index in [1.54, 1.807) is 4.90 Å². The number of rotatable bonds is 5. The molecule has 0 unspecified atom stereocenters. The first kappa shape index (κ1) is 24.9. The summed E-state index contributed by atoms with van der Waals surface area (Å²) < 4.78 is 22.8. The van der Waals surface area contributed by atoms with E-state index in [9.17, 15) is 14.9 Å². The number of nitrogens with one attached hydrogen (secondary N) is 1. The molecule has 4 rings (SSSR count). The number of carbonyl (C=O) groups excluding carboxylic acids is 2. The summed E-state index contributed by atoms with van der Waals surface area (Å²) in [5.74, 6) is 0.0401. The molecular formula is C23H31N5O4S. The molecule has 3 fully saturated rings. The van der Waals surface area contributed by atoms with Gasteiger partial charge in [0, 0.05) is 31.6 Å². The van der Waals surface area contributed by atoms with Crippen LogP contribution in [-0.4, -0.2) is 72.7 Å². The lowest BCUT2D eigenvalue weighted by Gasteiger charge is -2.38. The molecular weight excluding hydrogens is 442 g/mol. The summed E-state index contributed by atoms with van der Waals surface area (Å²) in [7, 11) is -2.61. The van der Waals surface area contributed by atoms with Crippen LogP contribution in [-0.2, 0) is 20.1 Å². The number of aryl methyl sites for hydroxylation is 1. The van der Waals surface area contributed by atoms with Gasteiger partial charge in [-0.25, -0.2) is 0 Å². The third-order valence-corrected chi connectivity index (χ3v) is 6.91. The minimum absolute atomic E-state index is 0.0501. The highest BCUT2D eigenvalue weighted by Gasteiger charge is 2.51. The summed E-state index contributed by atoms with van der Waals surface area (Å²) >= 11 is 0. The van der Waals surface area contributed by atoms with Crippen LogP contribution >= 0.6 is 0 Å². The normalized spacial score (nSPS) is 25.9. The zero-order chi connectivity index (χ0) is 24.3. The van der Waals surface area contributed by atoms with Crippen molar-refractivity contribution in [3.63, 3.8) is 0 Å². The van der Waals surface area contributed by atoms with E-state index in [0.717, 1.165) is 25.8 Å². The van der Waals surface area contributed by atoms with Gasteiger partial charge < -0.3 is 9.80 Å². The van der Waals surface area contributed by atoms with Crippen molar-refractivity contribution in [3.8, 4) is 6.07 Å². The summed E-state index contributed by atoms with van der Waals surface area (Å²) in [6.45, 7) is 8.19. The second kappa shape index (κ2) is 10.4. The molecule has 0 saturated carbocycles. The lowest BCUT2D eigenvalue weighted by molar-refractivity contribution is -0.142. The van der Waals surface area contributed by atoms with E-state index in [-0.39, 0.29) is 41.9 Å². The average Bonchev–Trinajstić information content (AvgIpc) is 3.47. The minimum Gasteiger partial charge on any atom is -0.330 e. The van der Waals surface area contributed by atoms with Crippen molar-refractivity contribution in [3.05, 3.63) is 35.4 Å². The van der Waals surface area contributed by atoms with Crippen LogP contribution in [0.25, 0.3) is 0 Å². The third kappa shape index (κ3) is 5.42. The maximum Gasteiger partial charge on any atom is 0.308 e. The first-order chi connectivity index (χ1) is 15.6. The first-order valence-corrected chi connectivity index (χ1v) is 12.3. The quantitative estimate of drug-likeness (QED) is 0.698. The van der Waals surface area contributed by atoms with Crippen LogP contribution in [0.15, 0.2) is 24.3 Å². The maximum absolute atomic E-state index is 13.1. The number of benzene rings is 1. The molecule has 3 saturated heterocycles. The van der Waals surface area contributed by atoms with Crippen molar-refractivity contribution in [1.82, 2.24) is 14.7 Å². The Morgan fingerprint density at radius 2 is 1.91 bits per heavy atom. The molecule has 0 spiro atoms. The Bertz CT molecular complexity index is 1030. The van der Waals surface area contributed by atoms with E-state index in [4.69, 9.17) is 13.2 Å². The number of likely N-dealkylation sites (tertiary alicyclic amines) is 3. The molecule has 0 aromatic heterocycles. The molecule has 0 radical (unpaired) electrons. The smallest absolute Gasteiger partial charge is 0.308 e. The van der Waals surface area contributed by atoms with E-state index < -0.39 is 10.5 Å². The number of amides is 2. The van der Waals surface area contributed by atoms with Crippen LogP contribution < -0.4 is 0 Å². The van der Waals surface area contributed by atoms with Crippen molar-refractivity contribution < 1.29 is 18.0 Å². The molecule has 10 heteroatoms. The molecule has 2 bridgehead atoms. The molecule has 9 nitrogen and oxygen atoms in total. The van der Waals surface area contributed by atoms with Gasteiger partial charge in [-0.15, -0.1) is 0 Å². The molecule has 0 aliphatic carbocycles. The highest BCUT2D eigenvalue weighted by atomic mass is 32.2. The number of hydrogen-bond acceptors (Lipinski definition) is 7. The van der Waals surface area contributed by atoms with Crippen LogP contribution in [0.5, 0.6) is 0 Å². The van der Waals surface area contributed by atoms with Gasteiger partial charge in [-0.05, 0) is 38.7 Å². The van der Waals surface area contributed by atoms with Crippen molar-refractivity contribution in [2.75, 3.05) is 19.6 Å². The molecule has 1 aromatic carbocycles. The number of nitrogens with zero attached hydrogens (tertiary/aromatic N) is 4. The zero-order valence-corrected chi connectivity index (χ0v) is 20.1. The fraction of sp³-hybridized carbons (Fsp3) is 0.609. The van der Waals surface area contributed by atoms with E-state index >= 15 is 0 Å². The van der Waals surface area contributed by atoms with Gasteiger partial charge in [0.1, 0.15) is 6.04 Å². The monoisotopic (exact) mass is 473 g/mol. The molecule has 1 aromatic rings. The predicted molar refractivity (Wildman–Crippen MR) is 121 cm³/mol. The van der Waals surface area contributed by atoms with Gasteiger partial charge in [-0.1, -0.05) is 36.8 Å². The summed E-state index contributed by atoms with van der Waals surface area (Å²) in [4.78, 5) is 31.9. The minimum atomic E-state index is -2.61. The molecule has 3 aliphatic rings. The Morgan fingerprint density at radius 3 is 2.48 bits per heavy atom. The maximum atomic E-state index is 13.1. The summed E-state index contributed by atoms with van der Waals surface area (Å²) in [6, 6.07) is 10.5. The van der Waals surface area contributed by atoms with Gasteiger partial charge in [0.05, 0.1) is 18.2 Å². The second-order valence-electron chi connectivity index (χ2n) is 9.15. The summed E-state index contributed by atoms with van der Waals surface area (Å²) in [5, 5.41) is 9.26. The SMILES string of the molecule is Cc1ccc([C@H](C)N2C(=O)[C@@H]3C[C@H]2CN3C[C@H](C)C(=O)N2CCC[C@H]2C#N)cc1.N=S(=O)=O. The highest BCUT2D eigenvalue weighted by Crippen LogP contribution is 2.38. The number of nitriles is 1. The van der Waals surface area contributed by atoms with Crippen molar-refractivity contribution in [2.45, 2.75) is 64.2 Å². The molecule has 1 N–H and O–H groups in total. The standard InChI is InChI=1S/C23H30N4O2.HNO2S/c1-15-6-8-18(9-7-15)17(3)27-20-11-21(23(27)29)25(14-20)13-16(2)22(28)26-10-4-5-19(26)12-24;1-4(2)3/h6-9,16-17,19-21H,4-5,10-11,13-14H2,1-3H3;1H/t16-,17-,19-,20-,21-;/m0./s1. The first-order valence-electron chi connectivity index (χ1n) is 11.3. The lowest BCUT2D eigenvalue weighted by Crippen LogP contribution is -2.53. The van der Waals surface area contributed by atoms with Crippen LogP contribution in [0.1, 0.15) is 50.3 Å². The third-order valence-electron chi connectivity index (χ3n) is 6.91. The van der Waals surface area contributed by atoms with Gasteiger partial charge in [0.25, 0.3) is 0 Å². The van der Waals surface area contributed by atoms with Crippen LogP contribution in [0.3, 0.4) is 0 Å². The van der Waals surface area contributed by atoms with Gasteiger partial charge in [-0.3, -0.25) is 14.5 Å². The number of hydrogen-bond donors (Lipinski definition) is 1. The lowest BCUT2D eigenvalue weighted by atomic mass is 10.0. The van der Waals surface area contributed by atoms with Gasteiger partial charge in [-0.2, -0.15) is 18.5 Å². The molecule has 3 heterocycles. The zero-order valence-electron chi connectivity index (χ0n) is 19.3. The Kier molecular flexibility index (Phi) is 7.87. The van der Waals surface area contributed by atoms with Gasteiger partial charge in [0.2, 0.25) is 11.8 Å². The van der Waals surface area contributed by atoms with Crippen molar-refractivity contribution >= 4 is 22.3 Å². The Morgan fingerprint density at radius 1 is 1.27 bits per heavy atom. The number of piperazine rings is 1. The molecule has 5 atom stereocenters. The van der Waals surface area contributed by atoms with Crippen LogP contribution in [0.2, 0.25) is 0 Å². The topological polar surface area (TPSA) is 126 Å². The number of fused-ring (bicyclic) bond motifs is 2. The average molecular weight is 474 g/mol. The summed E-state index contributed by atoms with van der Waals surface area (Å²) in [5.41, 5.74) is 2.39. The molecule has 33 heavy (non-hydrogen) atoms. The predicted octanol–water partition coefficient (Wildman–Crippen LogP) is 2.12. The Labute approximate surface area is 196 Å². The van der Waals surface area contributed by atoms with Gasteiger partial charge in [0.15, 0.2) is 0 Å². The Balaban J connectivity index is 0.000000709. The van der Waals surface area contributed by atoms with E-state index in [2.05, 4.69) is 49.1 Å².